The second kappa shape index (κ2) is 8.47. The smallest absolute Gasteiger partial charge is 0.211 e. The summed E-state index contributed by atoms with van der Waals surface area (Å²) in [7, 11) is -3.49. The highest BCUT2D eigenvalue weighted by molar-refractivity contribution is 9.09. The molecule has 19 heavy (non-hydrogen) atoms. The molecule has 0 atom stereocenters. The maximum Gasteiger partial charge on any atom is 0.240 e. The average Bonchev–Trinajstić information content (AvgIpc) is 2.36. The molecule has 0 heterocycles. The molecule has 0 radical (unpaired) electrons. The summed E-state index contributed by atoms with van der Waals surface area (Å²) in [6.45, 7) is 0.435. The Kier molecular flexibility index (Phi) is 7.69. The van der Waals surface area contributed by atoms with Crippen LogP contribution in [0.15, 0.2) is 23.1 Å². The van der Waals surface area contributed by atoms with Crippen LogP contribution >= 0.6 is 39.1 Å². The fourth-order valence-electron chi connectivity index (χ4n) is 1.51. The molecule has 0 aliphatic rings. The van der Waals surface area contributed by atoms with Crippen molar-refractivity contribution in [3.05, 3.63) is 28.2 Å². The second-order valence-corrected chi connectivity index (χ2v) is 7.45. The van der Waals surface area contributed by atoms with E-state index in [-0.39, 0.29) is 9.92 Å². The normalized spacial score (nSPS) is 11.7. The van der Waals surface area contributed by atoms with E-state index in [0.717, 1.165) is 31.0 Å². The van der Waals surface area contributed by atoms with Gasteiger partial charge >= 0.3 is 0 Å². The summed E-state index contributed by atoms with van der Waals surface area (Å²) in [5, 5.41) is 1.57. The zero-order chi connectivity index (χ0) is 14.3. The number of unbranched alkanes of at least 4 members (excludes halogenated alkanes) is 3. The van der Waals surface area contributed by atoms with Crippen LogP contribution in [0.4, 0.5) is 0 Å². The Morgan fingerprint density at radius 2 is 1.74 bits per heavy atom. The van der Waals surface area contributed by atoms with Gasteiger partial charge in [-0.3, -0.25) is 0 Å². The van der Waals surface area contributed by atoms with Gasteiger partial charge in [0, 0.05) is 11.9 Å². The molecule has 0 aliphatic carbocycles. The van der Waals surface area contributed by atoms with Gasteiger partial charge < -0.3 is 0 Å². The van der Waals surface area contributed by atoms with E-state index in [1.165, 1.54) is 18.2 Å². The van der Waals surface area contributed by atoms with Crippen molar-refractivity contribution in [2.24, 2.45) is 0 Å². The van der Waals surface area contributed by atoms with Crippen LogP contribution in [-0.4, -0.2) is 20.3 Å². The molecule has 0 bridgehead atoms. The Morgan fingerprint density at radius 3 is 2.37 bits per heavy atom. The van der Waals surface area contributed by atoms with Gasteiger partial charge in [-0.15, -0.1) is 0 Å². The standard InChI is InChI=1S/C12H16BrCl2NO2S/c13-7-3-1-2-4-8-16-19(17,18)10-5-6-11(14)12(15)9-10/h5-6,9,16H,1-4,7-8H2. The first-order valence-electron chi connectivity index (χ1n) is 5.98. The highest BCUT2D eigenvalue weighted by Gasteiger charge is 2.14. The first-order valence-corrected chi connectivity index (χ1v) is 9.34. The molecular formula is C12H16BrCl2NO2S. The summed E-state index contributed by atoms with van der Waals surface area (Å²) in [4.78, 5) is 0.141. The summed E-state index contributed by atoms with van der Waals surface area (Å²) in [5.74, 6) is 0. The van der Waals surface area contributed by atoms with Gasteiger partial charge in [0.05, 0.1) is 14.9 Å². The van der Waals surface area contributed by atoms with Crippen LogP contribution < -0.4 is 4.72 Å². The molecule has 1 N–H and O–H groups in total. The van der Waals surface area contributed by atoms with Gasteiger partial charge in [-0.1, -0.05) is 52.0 Å². The fraction of sp³-hybridized carbons (Fsp3) is 0.500. The molecule has 1 aromatic rings. The van der Waals surface area contributed by atoms with Gasteiger partial charge in [-0.2, -0.15) is 0 Å². The molecule has 0 aromatic heterocycles. The number of halogens is 3. The molecular weight excluding hydrogens is 373 g/mol. The maximum absolute atomic E-state index is 12.0. The molecule has 3 nitrogen and oxygen atoms in total. The van der Waals surface area contributed by atoms with Gasteiger partial charge in [0.15, 0.2) is 0 Å². The molecule has 0 amide bonds. The van der Waals surface area contributed by atoms with Crippen LogP contribution in [0.25, 0.3) is 0 Å². The Hall–Kier alpha value is 0.190. The molecule has 0 spiro atoms. The van der Waals surface area contributed by atoms with Crippen LogP contribution in [0.3, 0.4) is 0 Å². The SMILES string of the molecule is O=S(=O)(NCCCCCCBr)c1ccc(Cl)c(Cl)c1. The van der Waals surface area contributed by atoms with Crippen LogP contribution in [0, 0.1) is 0 Å². The van der Waals surface area contributed by atoms with E-state index in [0.29, 0.717) is 11.6 Å². The van der Waals surface area contributed by atoms with Crippen molar-refractivity contribution in [1.82, 2.24) is 4.72 Å². The third-order valence-electron chi connectivity index (χ3n) is 2.55. The van der Waals surface area contributed by atoms with Crippen molar-refractivity contribution in [1.29, 1.82) is 0 Å². The summed E-state index contributed by atoms with van der Waals surface area (Å²) in [6, 6.07) is 4.28. The summed E-state index contributed by atoms with van der Waals surface area (Å²) in [5.41, 5.74) is 0. The van der Waals surface area contributed by atoms with Gasteiger partial charge in [0.1, 0.15) is 0 Å². The monoisotopic (exact) mass is 387 g/mol. The van der Waals surface area contributed by atoms with Crippen LogP contribution in [0.5, 0.6) is 0 Å². The number of benzene rings is 1. The quantitative estimate of drug-likeness (QED) is 0.535. The Balaban J connectivity index is 2.49. The minimum atomic E-state index is -3.49. The first kappa shape index (κ1) is 17.2. The Bertz CT molecular complexity index is 508. The molecule has 0 unspecified atom stereocenters. The van der Waals surface area contributed by atoms with Gasteiger partial charge in [0.2, 0.25) is 10.0 Å². The Morgan fingerprint density at radius 1 is 1.05 bits per heavy atom. The van der Waals surface area contributed by atoms with E-state index in [2.05, 4.69) is 20.7 Å². The molecule has 0 aliphatic heterocycles. The zero-order valence-corrected chi connectivity index (χ0v) is 14.2. The number of hydrogen-bond donors (Lipinski definition) is 1. The van der Waals surface area contributed by atoms with E-state index in [4.69, 9.17) is 23.2 Å². The van der Waals surface area contributed by atoms with E-state index < -0.39 is 10.0 Å². The number of alkyl halides is 1. The molecule has 7 heteroatoms. The fourth-order valence-corrected chi connectivity index (χ4v) is 3.37. The van der Waals surface area contributed by atoms with Crippen LogP contribution in [-0.2, 0) is 10.0 Å². The van der Waals surface area contributed by atoms with Crippen molar-refractivity contribution >= 4 is 49.2 Å². The van der Waals surface area contributed by atoms with E-state index in [1.807, 2.05) is 0 Å². The van der Waals surface area contributed by atoms with Gasteiger partial charge in [-0.05, 0) is 31.0 Å². The predicted molar refractivity (Wildman–Crippen MR) is 83.9 cm³/mol. The number of hydrogen-bond acceptors (Lipinski definition) is 2. The second-order valence-electron chi connectivity index (χ2n) is 4.08. The molecule has 108 valence electrons. The molecule has 1 aromatic carbocycles. The van der Waals surface area contributed by atoms with Gasteiger partial charge in [-0.25, -0.2) is 13.1 Å². The number of sulfonamides is 1. The third-order valence-corrected chi connectivity index (χ3v) is 5.31. The minimum Gasteiger partial charge on any atom is -0.211 e. The Labute approximate surface area is 132 Å². The number of rotatable bonds is 8. The molecule has 0 fully saturated rings. The summed E-state index contributed by atoms with van der Waals surface area (Å²) >= 11 is 14.9. The molecule has 0 saturated carbocycles. The third kappa shape index (κ3) is 6.00. The van der Waals surface area contributed by atoms with Crippen molar-refractivity contribution in [3.63, 3.8) is 0 Å². The molecule has 0 saturated heterocycles. The predicted octanol–water partition coefficient (Wildman–Crippen LogP) is 4.23. The maximum atomic E-state index is 12.0. The van der Waals surface area contributed by atoms with Crippen molar-refractivity contribution in [3.8, 4) is 0 Å². The first-order chi connectivity index (χ1) is 8.97. The summed E-state index contributed by atoms with van der Waals surface area (Å²) < 4.78 is 26.5. The largest absolute Gasteiger partial charge is 0.240 e. The summed E-state index contributed by atoms with van der Waals surface area (Å²) in [6.07, 6.45) is 4.04. The van der Waals surface area contributed by atoms with Crippen molar-refractivity contribution in [2.75, 3.05) is 11.9 Å². The number of nitrogens with one attached hydrogen (secondary N) is 1. The van der Waals surface area contributed by atoms with E-state index in [9.17, 15) is 8.42 Å². The topological polar surface area (TPSA) is 46.2 Å². The lowest BCUT2D eigenvalue weighted by molar-refractivity contribution is 0.574. The van der Waals surface area contributed by atoms with E-state index in [1.54, 1.807) is 0 Å². The average molecular weight is 389 g/mol. The van der Waals surface area contributed by atoms with Crippen molar-refractivity contribution in [2.45, 2.75) is 30.6 Å². The highest BCUT2D eigenvalue weighted by atomic mass is 79.9. The zero-order valence-electron chi connectivity index (χ0n) is 10.3. The van der Waals surface area contributed by atoms with E-state index >= 15 is 0 Å². The lowest BCUT2D eigenvalue weighted by Crippen LogP contribution is -2.24. The highest BCUT2D eigenvalue weighted by Crippen LogP contribution is 2.24. The van der Waals surface area contributed by atoms with Crippen LogP contribution in [0.1, 0.15) is 25.7 Å². The minimum absolute atomic E-state index is 0.141. The van der Waals surface area contributed by atoms with Gasteiger partial charge in [0.25, 0.3) is 0 Å². The van der Waals surface area contributed by atoms with Crippen molar-refractivity contribution < 1.29 is 8.42 Å². The molecule has 1 rings (SSSR count). The lowest BCUT2D eigenvalue weighted by atomic mass is 10.2. The van der Waals surface area contributed by atoms with Crippen LogP contribution in [0.2, 0.25) is 10.0 Å². The lowest BCUT2D eigenvalue weighted by Gasteiger charge is -2.07.